The van der Waals surface area contributed by atoms with Crippen molar-refractivity contribution in [2.75, 3.05) is 37.6 Å². The first-order valence-electron chi connectivity index (χ1n) is 10.2. The van der Waals surface area contributed by atoms with Gasteiger partial charge in [-0.2, -0.15) is 0 Å². The molecule has 0 aliphatic carbocycles. The fourth-order valence-corrected chi connectivity index (χ4v) is 3.85. The second-order valence-electron chi connectivity index (χ2n) is 7.38. The molecule has 0 bridgehead atoms. The van der Waals surface area contributed by atoms with E-state index in [4.69, 9.17) is 0 Å². The number of halogens is 1. The molecule has 1 N–H and O–H groups in total. The van der Waals surface area contributed by atoms with E-state index in [1.807, 2.05) is 24.4 Å². The van der Waals surface area contributed by atoms with Gasteiger partial charge in [0.2, 0.25) is 0 Å². The average Bonchev–Trinajstić information content (AvgIpc) is 2.81. The lowest BCUT2D eigenvalue weighted by Crippen LogP contribution is -2.50. The summed E-state index contributed by atoms with van der Waals surface area (Å²) in [6, 6.07) is 20.0. The zero-order valence-corrected chi connectivity index (χ0v) is 16.7. The van der Waals surface area contributed by atoms with Gasteiger partial charge in [0.05, 0.1) is 6.04 Å². The van der Waals surface area contributed by atoms with Gasteiger partial charge >= 0.3 is 0 Å². The highest BCUT2D eigenvalue weighted by molar-refractivity contribution is 5.94. The van der Waals surface area contributed by atoms with Gasteiger partial charge in [-0.05, 0) is 48.0 Å². The average molecular weight is 404 g/mol. The smallest absolute Gasteiger partial charge is 0.251 e. The number of para-hydroxylation sites is 1. The monoisotopic (exact) mass is 404 g/mol. The summed E-state index contributed by atoms with van der Waals surface area (Å²) in [7, 11) is 0. The predicted molar refractivity (Wildman–Crippen MR) is 116 cm³/mol. The first-order valence-corrected chi connectivity index (χ1v) is 10.2. The fraction of sp³-hybridized carbons (Fsp3) is 0.250. The van der Waals surface area contributed by atoms with E-state index < -0.39 is 0 Å². The molecule has 0 saturated carbocycles. The number of rotatable bonds is 6. The lowest BCUT2D eigenvalue weighted by atomic mass is 10.1. The van der Waals surface area contributed by atoms with Crippen LogP contribution in [0.2, 0.25) is 0 Å². The lowest BCUT2D eigenvalue weighted by molar-refractivity contribution is 0.0930. The summed E-state index contributed by atoms with van der Waals surface area (Å²) in [6.07, 6.45) is 3.61. The van der Waals surface area contributed by atoms with Crippen molar-refractivity contribution in [3.8, 4) is 0 Å². The van der Waals surface area contributed by atoms with Crippen LogP contribution < -0.4 is 10.2 Å². The zero-order valence-electron chi connectivity index (χ0n) is 16.7. The normalized spacial score (nSPS) is 15.6. The van der Waals surface area contributed by atoms with Gasteiger partial charge in [0.15, 0.2) is 0 Å². The molecule has 0 radical (unpaired) electrons. The topological polar surface area (TPSA) is 48.5 Å². The van der Waals surface area contributed by atoms with Gasteiger partial charge in [-0.3, -0.25) is 14.7 Å². The number of carbonyl (C=O) groups is 1. The van der Waals surface area contributed by atoms with Crippen molar-refractivity contribution in [2.45, 2.75) is 6.04 Å². The Morgan fingerprint density at radius 2 is 1.70 bits per heavy atom. The second kappa shape index (κ2) is 9.50. The number of hydrogen-bond donors (Lipinski definition) is 1. The number of nitrogens with zero attached hydrogens (tertiary/aromatic N) is 3. The summed E-state index contributed by atoms with van der Waals surface area (Å²) in [5.41, 5.74) is 2.76. The Kier molecular flexibility index (Phi) is 6.35. The van der Waals surface area contributed by atoms with Crippen LogP contribution in [0.3, 0.4) is 0 Å². The Morgan fingerprint density at radius 3 is 2.37 bits per heavy atom. The molecule has 4 rings (SSSR count). The van der Waals surface area contributed by atoms with E-state index in [1.165, 1.54) is 30.0 Å². The van der Waals surface area contributed by atoms with Crippen LogP contribution in [0.1, 0.15) is 22.0 Å². The van der Waals surface area contributed by atoms with E-state index in [-0.39, 0.29) is 17.8 Å². The Morgan fingerprint density at radius 1 is 0.967 bits per heavy atom. The Hall–Kier alpha value is -3.25. The highest BCUT2D eigenvalue weighted by atomic mass is 19.1. The molecule has 2 aromatic carbocycles. The van der Waals surface area contributed by atoms with Gasteiger partial charge in [-0.25, -0.2) is 4.39 Å². The number of amides is 1. The van der Waals surface area contributed by atoms with Crippen molar-refractivity contribution in [3.05, 3.63) is 96.1 Å². The van der Waals surface area contributed by atoms with Crippen molar-refractivity contribution in [3.63, 3.8) is 0 Å². The SMILES string of the molecule is O=C(NC[C@H](c1cccnc1)N1CCN(c2ccccc2)CC1)c1ccc(F)cc1. The van der Waals surface area contributed by atoms with Gasteiger partial charge in [0, 0.05) is 56.4 Å². The minimum absolute atomic E-state index is 0.0287. The third kappa shape index (κ3) is 4.83. The Labute approximate surface area is 176 Å². The van der Waals surface area contributed by atoms with E-state index in [2.05, 4.69) is 44.4 Å². The molecule has 1 aliphatic rings. The minimum atomic E-state index is -0.351. The van der Waals surface area contributed by atoms with Crippen LogP contribution in [-0.4, -0.2) is 48.5 Å². The Balaban J connectivity index is 1.43. The van der Waals surface area contributed by atoms with Gasteiger partial charge in [-0.1, -0.05) is 24.3 Å². The van der Waals surface area contributed by atoms with Crippen LogP contribution >= 0.6 is 0 Å². The van der Waals surface area contributed by atoms with Gasteiger partial charge < -0.3 is 10.2 Å². The van der Waals surface area contributed by atoms with E-state index in [9.17, 15) is 9.18 Å². The molecule has 5 nitrogen and oxygen atoms in total. The second-order valence-corrected chi connectivity index (χ2v) is 7.38. The molecule has 1 fully saturated rings. The third-order valence-corrected chi connectivity index (χ3v) is 5.51. The van der Waals surface area contributed by atoms with Crippen LogP contribution in [-0.2, 0) is 0 Å². The molecule has 1 atom stereocenters. The molecule has 1 aromatic heterocycles. The number of pyridine rings is 1. The molecular formula is C24H25FN4O. The molecule has 30 heavy (non-hydrogen) atoms. The van der Waals surface area contributed by atoms with Crippen molar-refractivity contribution in [1.29, 1.82) is 0 Å². The number of hydrogen-bond acceptors (Lipinski definition) is 4. The quantitative estimate of drug-likeness (QED) is 0.683. The van der Waals surface area contributed by atoms with E-state index >= 15 is 0 Å². The first-order chi connectivity index (χ1) is 14.7. The van der Waals surface area contributed by atoms with Crippen LogP contribution in [0.5, 0.6) is 0 Å². The van der Waals surface area contributed by atoms with Crippen LogP contribution in [0.15, 0.2) is 79.1 Å². The maximum Gasteiger partial charge on any atom is 0.251 e. The number of nitrogens with one attached hydrogen (secondary N) is 1. The molecule has 1 amide bonds. The molecule has 154 valence electrons. The number of benzene rings is 2. The van der Waals surface area contributed by atoms with E-state index in [1.54, 1.807) is 6.20 Å². The maximum atomic E-state index is 13.1. The third-order valence-electron chi connectivity index (χ3n) is 5.51. The van der Waals surface area contributed by atoms with Crippen LogP contribution in [0, 0.1) is 5.82 Å². The summed E-state index contributed by atoms with van der Waals surface area (Å²) >= 11 is 0. The number of carbonyl (C=O) groups excluding carboxylic acids is 1. The Bertz CT molecular complexity index is 942. The van der Waals surface area contributed by atoms with Gasteiger partial charge in [0.25, 0.3) is 5.91 Å². The standard InChI is InChI=1S/C24H25FN4O/c25-21-10-8-19(9-11-21)24(30)27-18-23(20-5-4-12-26-17-20)29-15-13-28(14-16-29)22-6-2-1-3-7-22/h1-12,17,23H,13-16,18H2,(H,27,30)/t23-/m1/s1. The minimum Gasteiger partial charge on any atom is -0.369 e. The first kappa shape index (κ1) is 20.0. The molecule has 1 saturated heterocycles. The molecular weight excluding hydrogens is 379 g/mol. The van der Waals surface area contributed by atoms with E-state index in [0.29, 0.717) is 12.1 Å². The molecule has 2 heterocycles. The number of piperazine rings is 1. The summed E-state index contributed by atoms with van der Waals surface area (Å²) in [4.78, 5) is 21.6. The maximum absolute atomic E-state index is 13.1. The fourth-order valence-electron chi connectivity index (χ4n) is 3.85. The summed E-state index contributed by atoms with van der Waals surface area (Å²) < 4.78 is 13.1. The molecule has 0 spiro atoms. The highest BCUT2D eigenvalue weighted by Crippen LogP contribution is 2.23. The summed E-state index contributed by atoms with van der Waals surface area (Å²) in [5, 5.41) is 3.01. The predicted octanol–water partition coefficient (Wildman–Crippen LogP) is 3.51. The molecule has 0 unspecified atom stereocenters. The molecule has 6 heteroatoms. The summed E-state index contributed by atoms with van der Waals surface area (Å²) in [5.74, 6) is -0.553. The van der Waals surface area contributed by atoms with Crippen LogP contribution in [0.4, 0.5) is 10.1 Å². The number of aromatic nitrogens is 1. The lowest BCUT2D eigenvalue weighted by Gasteiger charge is -2.40. The number of anilines is 1. The summed E-state index contributed by atoms with van der Waals surface area (Å²) in [6.45, 7) is 4.09. The van der Waals surface area contributed by atoms with Crippen molar-refractivity contribution in [1.82, 2.24) is 15.2 Å². The molecule has 3 aromatic rings. The van der Waals surface area contributed by atoms with Crippen molar-refractivity contribution in [2.24, 2.45) is 0 Å². The molecule has 1 aliphatic heterocycles. The van der Waals surface area contributed by atoms with Crippen LogP contribution in [0.25, 0.3) is 0 Å². The highest BCUT2D eigenvalue weighted by Gasteiger charge is 2.26. The van der Waals surface area contributed by atoms with Gasteiger partial charge in [-0.15, -0.1) is 0 Å². The van der Waals surface area contributed by atoms with Gasteiger partial charge in [0.1, 0.15) is 5.82 Å². The van der Waals surface area contributed by atoms with Crippen molar-refractivity contribution < 1.29 is 9.18 Å². The largest absolute Gasteiger partial charge is 0.369 e. The van der Waals surface area contributed by atoms with Crippen molar-refractivity contribution >= 4 is 11.6 Å². The zero-order chi connectivity index (χ0) is 20.8. The van der Waals surface area contributed by atoms with E-state index in [0.717, 1.165) is 31.7 Å².